The van der Waals surface area contributed by atoms with Crippen LogP contribution in [-0.2, 0) is 31.0 Å². The van der Waals surface area contributed by atoms with Gasteiger partial charge in [-0.1, -0.05) is 64.1 Å². The number of hydrogen-bond donors (Lipinski definition) is 4. The lowest BCUT2D eigenvalue weighted by atomic mass is 9.86. The van der Waals surface area contributed by atoms with Crippen molar-refractivity contribution in [3.63, 3.8) is 0 Å². The van der Waals surface area contributed by atoms with Gasteiger partial charge < -0.3 is 36.9 Å². The van der Waals surface area contributed by atoms with E-state index in [9.17, 15) is 29.2 Å². The fourth-order valence-electron chi connectivity index (χ4n) is 8.12. The molecule has 4 aromatic rings. The second kappa shape index (κ2) is 24.0. The first-order valence-corrected chi connectivity index (χ1v) is 22.2. The third-order valence-corrected chi connectivity index (χ3v) is 11.8. The number of nitrogens with zero attached hydrogens (tertiary/aromatic N) is 3. The van der Waals surface area contributed by atoms with Gasteiger partial charge in [-0.3, -0.25) is 29.0 Å². The van der Waals surface area contributed by atoms with Crippen molar-refractivity contribution in [2.45, 2.75) is 90.6 Å². The average Bonchev–Trinajstić information content (AvgIpc) is 3.28. The Morgan fingerprint density at radius 2 is 1.55 bits per heavy atom. The number of nitriles is 1. The molecule has 0 saturated heterocycles. The van der Waals surface area contributed by atoms with Crippen LogP contribution in [0.15, 0.2) is 72.9 Å². The summed E-state index contributed by atoms with van der Waals surface area (Å²) in [7, 11) is 1.51. The molecule has 1 aliphatic heterocycles. The van der Waals surface area contributed by atoms with Crippen molar-refractivity contribution in [2.75, 3.05) is 39.9 Å². The van der Waals surface area contributed by atoms with E-state index in [2.05, 4.69) is 43.2 Å². The number of ether oxygens (including phenoxy) is 2. The molecule has 0 spiro atoms. The van der Waals surface area contributed by atoms with Crippen LogP contribution in [0.1, 0.15) is 98.5 Å². The number of rotatable bonds is 17. The van der Waals surface area contributed by atoms with Crippen molar-refractivity contribution in [1.82, 2.24) is 15.2 Å². The Bertz CT molecular complexity index is 2410. The molecule has 0 saturated carbocycles. The number of aromatic nitrogens is 1. The van der Waals surface area contributed by atoms with Crippen LogP contribution in [0.2, 0.25) is 0 Å². The van der Waals surface area contributed by atoms with Gasteiger partial charge in [0.25, 0.3) is 0 Å². The van der Waals surface area contributed by atoms with Gasteiger partial charge in [0, 0.05) is 86.1 Å². The van der Waals surface area contributed by atoms with Gasteiger partial charge in [-0.05, 0) is 84.3 Å². The molecular weight excluding hydrogens is 855 g/mol. The van der Waals surface area contributed by atoms with Crippen LogP contribution in [0.25, 0.3) is 22.4 Å². The maximum Gasteiger partial charge on any atom is 0.226 e. The quantitative estimate of drug-likeness (QED) is 0.0886. The third-order valence-electron chi connectivity index (χ3n) is 11.8. The van der Waals surface area contributed by atoms with E-state index in [0.29, 0.717) is 50.6 Å². The van der Waals surface area contributed by atoms with Crippen LogP contribution in [0, 0.1) is 30.1 Å². The summed E-state index contributed by atoms with van der Waals surface area (Å²) < 4.78 is 12.3. The van der Waals surface area contributed by atoms with Crippen LogP contribution < -0.4 is 32.0 Å². The molecule has 2 amide bonds. The number of hydrogen-bond acceptors (Lipinski definition) is 12. The van der Waals surface area contributed by atoms with Crippen molar-refractivity contribution >= 4 is 42.7 Å². The molecule has 5 rings (SSSR count). The summed E-state index contributed by atoms with van der Waals surface area (Å²) in [5.74, 6) is -3.03. The highest BCUT2D eigenvalue weighted by Crippen LogP contribution is 2.41. The molecule has 4 bridgehead atoms. The molecule has 66 heavy (non-hydrogen) atoms. The molecule has 352 valence electrons. The highest BCUT2D eigenvalue weighted by atomic mass is 32.1. The third kappa shape index (κ3) is 13.1. The molecule has 3 aromatic carbocycles. The number of carbonyl (C=O) groups is 5. The number of benzene rings is 3. The Kier molecular flexibility index (Phi) is 19.2. The predicted molar refractivity (Wildman–Crippen MR) is 260 cm³/mol. The van der Waals surface area contributed by atoms with Crippen LogP contribution in [-0.4, -0.2) is 85.0 Å². The Morgan fingerprint density at radius 1 is 0.909 bits per heavy atom. The second-order valence-corrected chi connectivity index (χ2v) is 17.8. The normalized spacial score (nSPS) is 16.7. The molecule has 0 fully saturated rings. The number of likely N-dealkylation sites (N-methyl/N-ethyl adjacent to an activating group) is 1. The number of nitrogens with one attached hydrogen (secondary N) is 1. The fourth-order valence-corrected chi connectivity index (χ4v) is 8.12. The van der Waals surface area contributed by atoms with E-state index in [-0.39, 0.29) is 102 Å². The summed E-state index contributed by atoms with van der Waals surface area (Å²) >= 11 is 0. The summed E-state index contributed by atoms with van der Waals surface area (Å²) in [6.07, 6.45) is 1.23. The zero-order chi connectivity index (χ0) is 47.4. The number of nitrogens with two attached hydrogens (primary N) is 3. The SMILES string of the molecule is Cc1cc(-c2ccc(C(C)(C)C)cc2)ncc1C(=O)C[C@@H](CCN)C(=O)N(C)[C@@H]1C(=O)C[C@@H](C)C(=O)N[C@H](C(=O)CCC#N)Cc2ccc(OCCN)c(c2)-c2cc1ccc2OCCN.S. The molecular formula is C51H65N7O7S. The Morgan fingerprint density at radius 3 is 2.14 bits per heavy atom. The lowest BCUT2D eigenvalue weighted by Gasteiger charge is -2.32. The number of ketones is 3. The van der Waals surface area contributed by atoms with E-state index in [1.165, 1.54) is 17.5 Å². The van der Waals surface area contributed by atoms with Crippen LogP contribution in [0.3, 0.4) is 0 Å². The van der Waals surface area contributed by atoms with Crippen LogP contribution in [0.4, 0.5) is 0 Å². The minimum absolute atomic E-state index is 0. The van der Waals surface area contributed by atoms with Crippen molar-refractivity contribution in [3.8, 4) is 40.0 Å². The first kappa shape index (κ1) is 52.7. The minimum Gasteiger partial charge on any atom is -0.492 e. The molecule has 1 aromatic heterocycles. The first-order valence-electron chi connectivity index (χ1n) is 22.2. The molecule has 0 aliphatic carbocycles. The summed E-state index contributed by atoms with van der Waals surface area (Å²) in [6.45, 7) is 10.8. The molecule has 0 radical (unpaired) electrons. The summed E-state index contributed by atoms with van der Waals surface area (Å²) in [5, 5.41) is 12.1. The lowest BCUT2D eigenvalue weighted by molar-refractivity contribution is -0.142. The second-order valence-electron chi connectivity index (χ2n) is 17.8. The Labute approximate surface area is 395 Å². The van der Waals surface area contributed by atoms with Gasteiger partial charge in [-0.2, -0.15) is 18.8 Å². The van der Waals surface area contributed by atoms with Crippen molar-refractivity contribution < 1.29 is 33.4 Å². The van der Waals surface area contributed by atoms with E-state index < -0.39 is 41.5 Å². The number of Topliss-reactive ketones (excluding diaryl/α,β-unsaturated/α-hetero) is 3. The van der Waals surface area contributed by atoms with Gasteiger partial charge in [-0.15, -0.1) is 0 Å². The number of fused-ring (bicyclic) bond motifs is 5. The molecule has 7 N–H and O–H groups in total. The monoisotopic (exact) mass is 919 g/mol. The minimum atomic E-state index is -1.23. The summed E-state index contributed by atoms with van der Waals surface area (Å²) in [5.41, 5.74) is 23.9. The van der Waals surface area contributed by atoms with Gasteiger partial charge >= 0.3 is 0 Å². The van der Waals surface area contributed by atoms with Gasteiger partial charge in [0.05, 0.1) is 17.8 Å². The van der Waals surface area contributed by atoms with Gasteiger partial charge in [0.15, 0.2) is 17.3 Å². The topological polar surface area (TPSA) is 234 Å². The summed E-state index contributed by atoms with van der Waals surface area (Å²) in [6, 6.07) is 20.3. The largest absolute Gasteiger partial charge is 0.492 e. The molecule has 15 heteroatoms. The molecule has 1 aliphatic rings. The standard InChI is InChI=1S/C51H63N7O7.H2S/c1-31-24-41(34-10-13-37(14-11-34)51(3,4)5)56-30-40(31)44(60)29-36(17-19-53)50(63)58(6)48-35-12-16-47(65-23-21-55)39(28-35)38-26-33(9-15-46(38)64-22-20-54)27-42(43(59)8-7-18-52)57-49(62)32(2)25-45(48)61;/h9-16,24,26,28,30,32,36,42,48H,7-8,17,19-23,25,27,29,53-55H2,1-6H3,(H,57,62);1H2/t32-,36-,42+,48+;/m1./s1. The zero-order valence-electron chi connectivity index (χ0n) is 38.9. The highest BCUT2D eigenvalue weighted by Gasteiger charge is 2.36. The number of aryl methyl sites for hydroxylation is 1. The first-order chi connectivity index (χ1) is 31.0. The van der Waals surface area contributed by atoms with Crippen LogP contribution in [0.5, 0.6) is 11.5 Å². The van der Waals surface area contributed by atoms with E-state index in [1.54, 1.807) is 43.5 Å². The fraction of sp³-hybridized carbons (Fsp3) is 0.431. The van der Waals surface area contributed by atoms with Gasteiger partial charge in [0.1, 0.15) is 30.8 Å². The highest BCUT2D eigenvalue weighted by molar-refractivity contribution is 7.59. The zero-order valence-corrected chi connectivity index (χ0v) is 39.9. The van der Waals surface area contributed by atoms with Crippen molar-refractivity contribution in [3.05, 3.63) is 101 Å². The Hall–Kier alpha value is -5.92. The number of carbonyl (C=O) groups excluding carboxylic acids is 5. The van der Waals surface area contributed by atoms with Crippen molar-refractivity contribution in [1.29, 1.82) is 5.26 Å². The maximum absolute atomic E-state index is 14.8. The molecule has 0 unspecified atom stereocenters. The predicted octanol–water partition coefficient (Wildman–Crippen LogP) is 6.06. The maximum atomic E-state index is 14.8. The van der Waals surface area contributed by atoms with Crippen LogP contribution >= 0.6 is 13.5 Å². The number of amides is 2. The average molecular weight is 920 g/mol. The van der Waals surface area contributed by atoms with E-state index in [0.717, 1.165) is 5.56 Å². The molecule has 2 heterocycles. The number of pyridine rings is 1. The van der Waals surface area contributed by atoms with Gasteiger partial charge in [-0.25, -0.2) is 0 Å². The molecule has 4 atom stereocenters. The lowest BCUT2D eigenvalue weighted by Crippen LogP contribution is -2.46. The smallest absolute Gasteiger partial charge is 0.226 e. The van der Waals surface area contributed by atoms with Gasteiger partial charge in [0.2, 0.25) is 11.8 Å². The molecule has 14 nitrogen and oxygen atoms in total. The summed E-state index contributed by atoms with van der Waals surface area (Å²) in [4.78, 5) is 76.8. The Balaban J connectivity index is 0.00000952. The van der Waals surface area contributed by atoms with E-state index >= 15 is 0 Å². The van der Waals surface area contributed by atoms with E-state index in [1.807, 2.05) is 37.3 Å². The van der Waals surface area contributed by atoms with Crippen molar-refractivity contribution in [2.24, 2.45) is 29.0 Å². The van der Waals surface area contributed by atoms with E-state index in [4.69, 9.17) is 26.7 Å².